The maximum atomic E-state index is 3.61. The predicted octanol–water partition coefficient (Wildman–Crippen LogP) is 1.21. The van der Waals surface area contributed by atoms with Gasteiger partial charge in [-0.3, -0.25) is 4.90 Å². The number of hydrogen-bond acceptors (Lipinski definition) is 2. The van der Waals surface area contributed by atoms with Gasteiger partial charge in [0.05, 0.1) is 4.05 Å². The minimum absolute atomic E-state index is 0.553. The lowest BCUT2D eigenvalue weighted by atomic mass is 10.2. The minimum Gasteiger partial charge on any atom is -0.309 e. The summed E-state index contributed by atoms with van der Waals surface area (Å²) in [7, 11) is 0. The summed E-state index contributed by atoms with van der Waals surface area (Å²) in [6.45, 7) is 5.97. The zero-order valence-electron chi connectivity index (χ0n) is 6.94. The molecule has 0 aromatic rings. The molecule has 64 valence electrons. The van der Waals surface area contributed by atoms with E-state index in [2.05, 4.69) is 39.7 Å². The fraction of sp³-hybridized carbons (Fsp3) is 1.00. The Morgan fingerprint density at radius 1 is 1.55 bits per heavy atom. The second-order valence-electron chi connectivity index (χ2n) is 3.75. The predicted molar refractivity (Wildman–Crippen MR) is 55.0 cm³/mol. The van der Waals surface area contributed by atoms with Gasteiger partial charge in [0.25, 0.3) is 0 Å². The monoisotopic (exact) mass is 266 g/mol. The summed E-state index contributed by atoms with van der Waals surface area (Å²) in [6, 6.07) is 0. The molecule has 1 heterocycles. The van der Waals surface area contributed by atoms with Crippen LogP contribution in [-0.4, -0.2) is 34.1 Å². The normalized spacial score (nSPS) is 32.2. The van der Waals surface area contributed by atoms with Crippen LogP contribution >= 0.6 is 22.6 Å². The van der Waals surface area contributed by atoms with Crippen molar-refractivity contribution in [2.75, 3.05) is 19.6 Å². The Hall–Kier alpha value is 0.650. The third-order valence-corrected chi connectivity index (χ3v) is 3.55. The van der Waals surface area contributed by atoms with Gasteiger partial charge in [-0.1, -0.05) is 22.6 Å². The molecule has 1 atom stereocenters. The van der Waals surface area contributed by atoms with Crippen LogP contribution in [0.3, 0.4) is 0 Å². The Morgan fingerprint density at radius 2 is 2.27 bits per heavy atom. The molecule has 2 fully saturated rings. The average molecular weight is 266 g/mol. The van der Waals surface area contributed by atoms with Gasteiger partial charge in [0.1, 0.15) is 0 Å². The lowest BCUT2D eigenvalue weighted by molar-refractivity contribution is 0.190. The van der Waals surface area contributed by atoms with E-state index >= 15 is 0 Å². The van der Waals surface area contributed by atoms with Crippen LogP contribution in [0.1, 0.15) is 19.8 Å². The summed E-state index contributed by atoms with van der Waals surface area (Å²) in [5.41, 5.74) is 0.553. The van der Waals surface area contributed by atoms with Crippen LogP contribution < -0.4 is 5.32 Å². The first kappa shape index (κ1) is 8.26. The average Bonchev–Trinajstić information content (AvgIpc) is 2.69. The first-order valence-corrected chi connectivity index (χ1v) is 5.60. The zero-order valence-corrected chi connectivity index (χ0v) is 9.10. The SMILES string of the molecule is CC(I)N1CCNC2(CC2)C1. The number of halogens is 1. The molecule has 1 saturated heterocycles. The van der Waals surface area contributed by atoms with Crippen molar-refractivity contribution in [3.8, 4) is 0 Å². The summed E-state index contributed by atoms with van der Waals surface area (Å²) in [5, 5.41) is 3.61. The van der Waals surface area contributed by atoms with Crippen molar-refractivity contribution in [1.29, 1.82) is 0 Å². The second kappa shape index (κ2) is 2.85. The molecule has 0 bridgehead atoms. The van der Waals surface area contributed by atoms with Gasteiger partial charge < -0.3 is 5.32 Å². The van der Waals surface area contributed by atoms with E-state index in [0.717, 1.165) is 0 Å². The number of nitrogens with one attached hydrogen (secondary N) is 1. The molecule has 0 amide bonds. The molecule has 1 saturated carbocycles. The highest BCUT2D eigenvalue weighted by Gasteiger charge is 2.45. The van der Waals surface area contributed by atoms with Crippen LogP contribution in [0.4, 0.5) is 0 Å². The van der Waals surface area contributed by atoms with Gasteiger partial charge >= 0.3 is 0 Å². The third kappa shape index (κ3) is 1.70. The highest BCUT2D eigenvalue weighted by molar-refractivity contribution is 14.1. The van der Waals surface area contributed by atoms with Gasteiger partial charge in [-0.25, -0.2) is 0 Å². The highest BCUT2D eigenvalue weighted by atomic mass is 127. The van der Waals surface area contributed by atoms with E-state index in [4.69, 9.17) is 0 Å². The summed E-state index contributed by atoms with van der Waals surface area (Å²) in [4.78, 5) is 2.57. The molecule has 1 aliphatic carbocycles. The van der Waals surface area contributed by atoms with Crippen LogP contribution in [0.15, 0.2) is 0 Å². The Balaban J connectivity index is 1.93. The Morgan fingerprint density at radius 3 is 2.82 bits per heavy atom. The Kier molecular flexibility index (Phi) is 2.14. The number of hydrogen-bond donors (Lipinski definition) is 1. The smallest absolute Gasteiger partial charge is 0.0591 e. The molecule has 1 aliphatic heterocycles. The maximum Gasteiger partial charge on any atom is 0.0591 e. The molecule has 0 aromatic heterocycles. The van der Waals surface area contributed by atoms with Crippen molar-refractivity contribution in [3.05, 3.63) is 0 Å². The molecule has 1 unspecified atom stereocenters. The molecule has 0 aromatic carbocycles. The standard InChI is InChI=1S/C8H15IN2/c1-7(9)11-5-4-10-8(6-11)2-3-8/h7,10H,2-6H2,1H3. The molecule has 2 nitrogen and oxygen atoms in total. The van der Waals surface area contributed by atoms with E-state index < -0.39 is 0 Å². The van der Waals surface area contributed by atoms with Crippen LogP contribution in [0.2, 0.25) is 0 Å². The van der Waals surface area contributed by atoms with Crippen molar-refractivity contribution in [2.45, 2.75) is 29.4 Å². The molecule has 11 heavy (non-hydrogen) atoms. The van der Waals surface area contributed by atoms with E-state index in [1.54, 1.807) is 0 Å². The van der Waals surface area contributed by atoms with E-state index in [1.165, 1.54) is 32.5 Å². The zero-order chi connectivity index (χ0) is 7.90. The molecule has 3 heteroatoms. The van der Waals surface area contributed by atoms with Gasteiger partial charge in [0.15, 0.2) is 0 Å². The van der Waals surface area contributed by atoms with E-state index in [1.807, 2.05) is 0 Å². The molecule has 2 aliphatic rings. The van der Waals surface area contributed by atoms with Crippen LogP contribution in [0.5, 0.6) is 0 Å². The van der Waals surface area contributed by atoms with Crippen molar-refractivity contribution >= 4 is 22.6 Å². The van der Waals surface area contributed by atoms with Gasteiger partial charge in [-0.15, -0.1) is 0 Å². The largest absolute Gasteiger partial charge is 0.309 e. The van der Waals surface area contributed by atoms with E-state index in [0.29, 0.717) is 9.59 Å². The quantitative estimate of drug-likeness (QED) is 0.436. The third-order valence-electron chi connectivity index (χ3n) is 2.76. The number of rotatable bonds is 1. The van der Waals surface area contributed by atoms with Crippen molar-refractivity contribution < 1.29 is 0 Å². The molecule has 2 rings (SSSR count). The van der Waals surface area contributed by atoms with E-state index in [-0.39, 0.29) is 0 Å². The molecule has 1 spiro atoms. The summed E-state index contributed by atoms with van der Waals surface area (Å²) in [5.74, 6) is 0. The number of piperazine rings is 1. The molecule has 0 radical (unpaired) electrons. The first-order valence-electron chi connectivity index (χ1n) is 4.35. The summed E-state index contributed by atoms with van der Waals surface area (Å²) in [6.07, 6.45) is 2.79. The lowest BCUT2D eigenvalue weighted by Crippen LogP contribution is -2.53. The first-order chi connectivity index (χ1) is 5.22. The molecular formula is C8H15IN2. The van der Waals surface area contributed by atoms with Crippen molar-refractivity contribution in [1.82, 2.24) is 10.2 Å². The highest BCUT2D eigenvalue weighted by Crippen LogP contribution is 2.38. The topological polar surface area (TPSA) is 15.3 Å². The van der Waals surface area contributed by atoms with Gasteiger partial charge in [0, 0.05) is 25.2 Å². The van der Waals surface area contributed by atoms with Gasteiger partial charge in [-0.05, 0) is 19.8 Å². The number of nitrogens with zero attached hydrogens (tertiary/aromatic N) is 1. The second-order valence-corrected chi connectivity index (χ2v) is 5.55. The minimum atomic E-state index is 0.553. The number of alkyl halides is 1. The van der Waals surface area contributed by atoms with Crippen LogP contribution in [0.25, 0.3) is 0 Å². The molecule has 1 N–H and O–H groups in total. The Bertz CT molecular complexity index is 154. The maximum absolute atomic E-state index is 3.61. The van der Waals surface area contributed by atoms with Crippen molar-refractivity contribution in [2.24, 2.45) is 0 Å². The summed E-state index contributed by atoms with van der Waals surface area (Å²) >= 11 is 2.50. The summed E-state index contributed by atoms with van der Waals surface area (Å²) < 4.78 is 0.701. The van der Waals surface area contributed by atoms with Gasteiger partial charge in [-0.2, -0.15) is 0 Å². The lowest BCUT2D eigenvalue weighted by Gasteiger charge is -2.35. The van der Waals surface area contributed by atoms with Gasteiger partial charge in [0.2, 0.25) is 0 Å². The Labute approximate surface area is 81.9 Å². The molecular weight excluding hydrogens is 251 g/mol. The van der Waals surface area contributed by atoms with Crippen LogP contribution in [0, 0.1) is 0 Å². The van der Waals surface area contributed by atoms with E-state index in [9.17, 15) is 0 Å². The fourth-order valence-corrected chi connectivity index (χ4v) is 2.25. The van der Waals surface area contributed by atoms with Crippen LogP contribution in [-0.2, 0) is 0 Å². The van der Waals surface area contributed by atoms with Crippen molar-refractivity contribution in [3.63, 3.8) is 0 Å². The fourth-order valence-electron chi connectivity index (χ4n) is 1.78.